The Labute approximate surface area is 193 Å². The van der Waals surface area contributed by atoms with Crippen LogP contribution in [0.15, 0.2) is 48.5 Å². The third-order valence-electron chi connectivity index (χ3n) is 6.26. The van der Waals surface area contributed by atoms with E-state index in [4.69, 9.17) is 16.7 Å². The van der Waals surface area contributed by atoms with Gasteiger partial charge in [-0.3, -0.25) is 9.59 Å². The highest BCUT2D eigenvalue weighted by atomic mass is 35.5. The Hall–Kier alpha value is -2.42. The minimum absolute atomic E-state index is 0.0275. The van der Waals surface area contributed by atoms with Gasteiger partial charge >= 0.3 is 0 Å². The van der Waals surface area contributed by atoms with Gasteiger partial charge in [0.15, 0.2) is 0 Å². The molecule has 170 valence electrons. The molecule has 0 aromatic heterocycles. The summed E-state index contributed by atoms with van der Waals surface area (Å²) in [5, 5.41) is 8.48. The first-order chi connectivity index (χ1) is 15.2. The van der Waals surface area contributed by atoms with E-state index in [0.29, 0.717) is 28.3 Å². The average Bonchev–Trinajstić information content (AvgIpc) is 3.12. The molecular weight excluding hydrogens is 450 g/mol. The van der Waals surface area contributed by atoms with Crippen molar-refractivity contribution in [2.45, 2.75) is 49.9 Å². The lowest BCUT2D eigenvalue weighted by molar-refractivity contribution is -0.120. The summed E-state index contributed by atoms with van der Waals surface area (Å²) in [6.07, 6.45) is 4.62. The molecule has 4 rings (SSSR count). The number of fused-ring (bicyclic) bond motifs is 1. The van der Waals surface area contributed by atoms with Crippen LogP contribution >= 0.6 is 11.6 Å². The van der Waals surface area contributed by atoms with E-state index >= 15 is 0 Å². The number of carbonyl (C=O) groups is 2. The van der Waals surface area contributed by atoms with Crippen LogP contribution in [0.25, 0.3) is 0 Å². The molecule has 3 N–H and O–H groups in total. The van der Waals surface area contributed by atoms with Crippen molar-refractivity contribution in [3.63, 3.8) is 0 Å². The zero-order valence-electron chi connectivity index (χ0n) is 17.5. The van der Waals surface area contributed by atoms with Gasteiger partial charge in [0, 0.05) is 22.3 Å². The standard InChI is InChI=1S/C23H26ClN3O4S/c24-18-8-4-7-17(12-18)23(29)27-20-10-2-1-6-16(20)13-21(27)22(28)26-19-9-3-5-15(11-19)14-32(25,30)31/h3-5,7-9,11-12,16,20-21H,1-2,6,10,13-14H2,(H,26,28)(H2,25,30,31). The second-order valence-electron chi connectivity index (χ2n) is 8.58. The van der Waals surface area contributed by atoms with Crippen molar-refractivity contribution in [2.75, 3.05) is 5.32 Å². The molecule has 2 aliphatic rings. The lowest BCUT2D eigenvalue weighted by atomic mass is 9.84. The molecule has 3 atom stereocenters. The number of rotatable bonds is 5. The van der Waals surface area contributed by atoms with E-state index in [9.17, 15) is 18.0 Å². The van der Waals surface area contributed by atoms with Gasteiger partial charge in [-0.25, -0.2) is 13.6 Å². The van der Waals surface area contributed by atoms with Crippen molar-refractivity contribution in [1.82, 2.24) is 4.90 Å². The molecule has 2 amide bonds. The molecule has 32 heavy (non-hydrogen) atoms. The van der Waals surface area contributed by atoms with E-state index in [1.807, 2.05) is 0 Å². The molecule has 1 heterocycles. The molecule has 1 saturated carbocycles. The summed E-state index contributed by atoms with van der Waals surface area (Å²) in [4.78, 5) is 28.5. The number of benzene rings is 2. The third-order valence-corrected chi connectivity index (χ3v) is 7.23. The zero-order valence-corrected chi connectivity index (χ0v) is 19.1. The molecule has 1 aliphatic heterocycles. The number of amides is 2. The zero-order chi connectivity index (χ0) is 22.9. The van der Waals surface area contributed by atoms with E-state index in [1.54, 1.807) is 53.4 Å². The van der Waals surface area contributed by atoms with Crippen LogP contribution < -0.4 is 10.5 Å². The normalized spacial score (nSPS) is 22.9. The van der Waals surface area contributed by atoms with Gasteiger partial charge in [0.2, 0.25) is 15.9 Å². The smallest absolute Gasteiger partial charge is 0.254 e. The number of likely N-dealkylation sites (tertiary alicyclic amines) is 1. The predicted octanol–water partition coefficient (Wildman–Crippen LogP) is 3.54. The summed E-state index contributed by atoms with van der Waals surface area (Å²) in [6.45, 7) is 0. The fraction of sp³-hybridized carbons (Fsp3) is 0.391. The summed E-state index contributed by atoms with van der Waals surface area (Å²) in [5.41, 5.74) is 1.43. The Morgan fingerprint density at radius 3 is 2.59 bits per heavy atom. The highest BCUT2D eigenvalue weighted by Gasteiger charge is 2.47. The van der Waals surface area contributed by atoms with Crippen molar-refractivity contribution in [2.24, 2.45) is 11.1 Å². The van der Waals surface area contributed by atoms with Gasteiger partial charge in [-0.2, -0.15) is 0 Å². The first-order valence-electron chi connectivity index (χ1n) is 10.7. The lowest BCUT2D eigenvalue weighted by Crippen LogP contribution is -2.47. The molecule has 9 heteroatoms. The molecule has 0 radical (unpaired) electrons. The van der Waals surface area contributed by atoms with Gasteiger partial charge in [-0.05, 0) is 61.1 Å². The number of nitrogens with zero attached hydrogens (tertiary/aromatic N) is 1. The number of nitrogens with two attached hydrogens (primary N) is 1. The summed E-state index contributed by atoms with van der Waals surface area (Å²) < 4.78 is 22.8. The minimum atomic E-state index is -3.68. The van der Waals surface area contributed by atoms with E-state index in [1.165, 1.54) is 0 Å². The summed E-state index contributed by atoms with van der Waals surface area (Å²) in [5.74, 6) is -0.493. The van der Waals surface area contributed by atoms with Crippen molar-refractivity contribution >= 4 is 39.1 Å². The van der Waals surface area contributed by atoms with Gasteiger partial charge in [0.25, 0.3) is 5.91 Å². The number of hydrogen-bond acceptors (Lipinski definition) is 4. The van der Waals surface area contributed by atoms with Crippen molar-refractivity contribution in [3.05, 3.63) is 64.7 Å². The van der Waals surface area contributed by atoms with Gasteiger partial charge < -0.3 is 10.2 Å². The van der Waals surface area contributed by atoms with Crippen molar-refractivity contribution in [1.29, 1.82) is 0 Å². The van der Waals surface area contributed by atoms with Crippen LogP contribution in [0.5, 0.6) is 0 Å². The predicted molar refractivity (Wildman–Crippen MR) is 124 cm³/mol. The van der Waals surface area contributed by atoms with Crippen LogP contribution in [0.4, 0.5) is 5.69 Å². The van der Waals surface area contributed by atoms with Crippen LogP contribution in [-0.4, -0.2) is 37.2 Å². The number of carbonyl (C=O) groups excluding carboxylic acids is 2. The Morgan fingerprint density at radius 2 is 1.84 bits per heavy atom. The van der Waals surface area contributed by atoms with E-state index < -0.39 is 16.1 Å². The fourth-order valence-electron chi connectivity index (χ4n) is 4.95. The fourth-order valence-corrected chi connectivity index (χ4v) is 5.79. The average molecular weight is 476 g/mol. The monoisotopic (exact) mass is 475 g/mol. The first kappa shape index (κ1) is 22.8. The van der Waals surface area contributed by atoms with E-state index in [0.717, 1.165) is 25.7 Å². The molecule has 3 unspecified atom stereocenters. The van der Waals surface area contributed by atoms with Crippen LogP contribution in [0, 0.1) is 5.92 Å². The maximum Gasteiger partial charge on any atom is 0.254 e. The number of hydrogen-bond donors (Lipinski definition) is 2. The van der Waals surface area contributed by atoms with Crippen molar-refractivity contribution in [3.8, 4) is 0 Å². The molecule has 2 aromatic carbocycles. The molecule has 1 saturated heterocycles. The summed E-state index contributed by atoms with van der Waals surface area (Å²) in [7, 11) is -3.68. The Bertz CT molecular complexity index is 1140. The van der Waals surface area contributed by atoms with E-state index in [-0.39, 0.29) is 29.5 Å². The lowest BCUT2D eigenvalue weighted by Gasteiger charge is -2.33. The molecule has 2 aromatic rings. The van der Waals surface area contributed by atoms with Gasteiger partial charge in [0.1, 0.15) is 6.04 Å². The molecule has 0 spiro atoms. The molecule has 0 bridgehead atoms. The Morgan fingerprint density at radius 1 is 1.09 bits per heavy atom. The topological polar surface area (TPSA) is 110 Å². The minimum Gasteiger partial charge on any atom is -0.324 e. The number of nitrogens with one attached hydrogen (secondary N) is 1. The number of primary sulfonamides is 1. The second kappa shape index (κ2) is 9.21. The molecular formula is C23H26ClN3O4S. The van der Waals surface area contributed by atoms with Crippen LogP contribution in [0.1, 0.15) is 48.0 Å². The molecule has 7 nitrogen and oxygen atoms in total. The maximum absolute atomic E-state index is 13.4. The van der Waals surface area contributed by atoms with E-state index in [2.05, 4.69) is 5.32 Å². The van der Waals surface area contributed by atoms with Crippen LogP contribution in [-0.2, 0) is 20.6 Å². The van der Waals surface area contributed by atoms with Crippen LogP contribution in [0.2, 0.25) is 5.02 Å². The van der Waals surface area contributed by atoms with Crippen LogP contribution in [0.3, 0.4) is 0 Å². The number of halogens is 1. The highest BCUT2D eigenvalue weighted by Crippen LogP contribution is 2.41. The van der Waals surface area contributed by atoms with Gasteiger partial charge in [-0.1, -0.05) is 42.6 Å². The Balaban J connectivity index is 1.58. The summed E-state index contributed by atoms with van der Waals surface area (Å²) >= 11 is 6.10. The van der Waals surface area contributed by atoms with Gasteiger partial charge in [0.05, 0.1) is 5.75 Å². The Kier molecular flexibility index (Phi) is 6.55. The molecule has 1 aliphatic carbocycles. The SMILES string of the molecule is NS(=O)(=O)Cc1cccc(NC(=O)C2CC3CCCCC3N2C(=O)c2cccc(Cl)c2)c1. The second-order valence-corrected chi connectivity index (χ2v) is 10.6. The molecule has 2 fully saturated rings. The largest absolute Gasteiger partial charge is 0.324 e. The summed E-state index contributed by atoms with van der Waals surface area (Å²) in [6, 6.07) is 12.8. The number of sulfonamides is 1. The van der Waals surface area contributed by atoms with Crippen molar-refractivity contribution < 1.29 is 18.0 Å². The highest BCUT2D eigenvalue weighted by molar-refractivity contribution is 7.88. The van der Waals surface area contributed by atoms with Gasteiger partial charge in [-0.15, -0.1) is 0 Å². The first-order valence-corrected chi connectivity index (χ1v) is 12.8. The third kappa shape index (κ3) is 5.14. The quantitative estimate of drug-likeness (QED) is 0.689. The maximum atomic E-state index is 13.4. The number of anilines is 1.